The molecule has 9 heteroatoms. The van der Waals surface area contributed by atoms with Crippen LogP contribution < -0.4 is 10.2 Å². The van der Waals surface area contributed by atoms with Crippen LogP contribution in [0, 0.1) is 12.7 Å². The molecule has 0 saturated carbocycles. The average Bonchev–Trinajstić information content (AvgIpc) is 3.33. The first-order valence-corrected chi connectivity index (χ1v) is 11.5. The van der Waals surface area contributed by atoms with Crippen molar-refractivity contribution in [1.29, 1.82) is 0 Å². The minimum atomic E-state index is -0.304. The molecule has 0 aliphatic carbocycles. The highest BCUT2D eigenvalue weighted by molar-refractivity contribution is 6.18. The van der Waals surface area contributed by atoms with Crippen molar-refractivity contribution in [2.45, 2.75) is 13.5 Å². The molecule has 2 N–H and O–H groups in total. The molecule has 3 heterocycles. The summed E-state index contributed by atoms with van der Waals surface area (Å²) in [5, 5.41) is 3.58. The predicted molar refractivity (Wildman–Crippen MR) is 131 cm³/mol. The summed E-state index contributed by atoms with van der Waals surface area (Å²) in [6.07, 6.45) is 3.18. The van der Waals surface area contributed by atoms with Gasteiger partial charge in [0.05, 0.1) is 10.9 Å². The molecule has 8 nitrogen and oxygen atoms in total. The summed E-state index contributed by atoms with van der Waals surface area (Å²) in [4.78, 5) is 41.7. The van der Waals surface area contributed by atoms with Gasteiger partial charge in [0.2, 0.25) is 0 Å². The van der Waals surface area contributed by atoms with E-state index in [4.69, 9.17) is 0 Å². The number of halogens is 1. The SMILES string of the molecule is Cc1ccccc1C(=O)c1c[nH]c2ncnc(N3CCN(C(=O)NCc4ccc(F)cc4)CC3)c12. The van der Waals surface area contributed by atoms with Crippen molar-refractivity contribution >= 4 is 28.7 Å². The van der Waals surface area contributed by atoms with Gasteiger partial charge in [0, 0.05) is 44.5 Å². The van der Waals surface area contributed by atoms with Gasteiger partial charge in [-0.3, -0.25) is 4.79 Å². The zero-order chi connectivity index (χ0) is 24.4. The van der Waals surface area contributed by atoms with Crippen molar-refractivity contribution in [2.75, 3.05) is 31.1 Å². The third-order valence-corrected chi connectivity index (χ3v) is 6.31. The first-order chi connectivity index (χ1) is 17.0. The number of aryl methyl sites for hydroxylation is 1. The quantitative estimate of drug-likeness (QED) is 0.432. The lowest BCUT2D eigenvalue weighted by Crippen LogP contribution is -2.52. The number of ketones is 1. The highest BCUT2D eigenvalue weighted by Gasteiger charge is 2.26. The number of aromatic amines is 1. The van der Waals surface area contributed by atoms with Crippen LogP contribution in [-0.4, -0.2) is 57.8 Å². The molecule has 2 amide bonds. The Kier molecular flexibility index (Phi) is 6.13. The number of benzene rings is 2. The van der Waals surface area contributed by atoms with Crippen LogP contribution in [0.1, 0.15) is 27.0 Å². The number of hydrogen-bond acceptors (Lipinski definition) is 5. The summed E-state index contributed by atoms with van der Waals surface area (Å²) < 4.78 is 13.1. The molecular formula is C26H25FN6O2. The maximum atomic E-state index is 13.4. The number of fused-ring (bicyclic) bond motifs is 1. The van der Waals surface area contributed by atoms with E-state index in [0.717, 1.165) is 11.1 Å². The molecule has 0 radical (unpaired) electrons. The Labute approximate surface area is 201 Å². The number of amides is 2. The van der Waals surface area contributed by atoms with Crippen molar-refractivity contribution in [3.8, 4) is 0 Å². The second-order valence-electron chi connectivity index (χ2n) is 8.53. The fraction of sp³-hybridized carbons (Fsp3) is 0.231. The molecule has 0 spiro atoms. The van der Waals surface area contributed by atoms with E-state index in [1.165, 1.54) is 18.5 Å². The first-order valence-electron chi connectivity index (χ1n) is 11.5. The second kappa shape index (κ2) is 9.54. The number of carbonyl (C=O) groups excluding carboxylic acids is 2. The van der Waals surface area contributed by atoms with E-state index in [-0.39, 0.29) is 17.6 Å². The van der Waals surface area contributed by atoms with Crippen molar-refractivity contribution in [1.82, 2.24) is 25.2 Å². The molecular weight excluding hydrogens is 447 g/mol. The molecule has 5 rings (SSSR count). The van der Waals surface area contributed by atoms with Gasteiger partial charge in [-0.05, 0) is 30.2 Å². The lowest BCUT2D eigenvalue weighted by molar-refractivity contribution is 0.103. The molecule has 1 fully saturated rings. The zero-order valence-corrected chi connectivity index (χ0v) is 19.3. The Balaban J connectivity index is 1.30. The molecule has 1 aliphatic heterocycles. The number of urea groups is 1. The highest BCUT2D eigenvalue weighted by atomic mass is 19.1. The lowest BCUT2D eigenvalue weighted by atomic mass is 9.99. The average molecular weight is 473 g/mol. The number of aromatic nitrogens is 3. The van der Waals surface area contributed by atoms with E-state index in [1.807, 2.05) is 31.2 Å². The Morgan fingerprint density at radius 2 is 1.74 bits per heavy atom. The van der Waals surface area contributed by atoms with E-state index in [0.29, 0.717) is 60.7 Å². The first kappa shape index (κ1) is 22.5. The number of nitrogens with zero attached hydrogens (tertiary/aromatic N) is 4. The third kappa shape index (κ3) is 4.57. The Morgan fingerprint density at radius 3 is 2.49 bits per heavy atom. The van der Waals surface area contributed by atoms with Gasteiger partial charge < -0.3 is 20.1 Å². The van der Waals surface area contributed by atoms with Gasteiger partial charge >= 0.3 is 6.03 Å². The molecule has 0 bridgehead atoms. The minimum absolute atomic E-state index is 0.0794. The van der Waals surface area contributed by atoms with Crippen molar-refractivity contribution in [2.24, 2.45) is 0 Å². The van der Waals surface area contributed by atoms with Crippen LogP contribution in [0.15, 0.2) is 61.1 Å². The van der Waals surface area contributed by atoms with Gasteiger partial charge in [-0.1, -0.05) is 36.4 Å². The number of H-pyrrole nitrogens is 1. The monoisotopic (exact) mass is 472 g/mol. The summed E-state index contributed by atoms with van der Waals surface area (Å²) in [6, 6.07) is 13.4. The van der Waals surface area contributed by atoms with Crippen LogP contribution >= 0.6 is 0 Å². The number of nitrogens with one attached hydrogen (secondary N) is 2. The topological polar surface area (TPSA) is 94.2 Å². The predicted octanol–water partition coefficient (Wildman–Crippen LogP) is 3.67. The molecule has 0 atom stereocenters. The summed E-state index contributed by atoms with van der Waals surface area (Å²) in [5.74, 6) is 0.296. The number of hydrogen-bond donors (Lipinski definition) is 2. The van der Waals surface area contributed by atoms with Gasteiger partial charge in [0.15, 0.2) is 5.78 Å². The smallest absolute Gasteiger partial charge is 0.317 e. The van der Waals surface area contributed by atoms with Crippen molar-refractivity contribution in [3.63, 3.8) is 0 Å². The summed E-state index contributed by atoms with van der Waals surface area (Å²) in [5.41, 5.74) is 3.52. The van der Waals surface area contributed by atoms with Gasteiger partial charge in [0.1, 0.15) is 23.6 Å². The van der Waals surface area contributed by atoms with E-state index in [2.05, 4.69) is 25.2 Å². The van der Waals surface area contributed by atoms with Crippen LogP contribution in [0.2, 0.25) is 0 Å². The Morgan fingerprint density at radius 1 is 1.00 bits per heavy atom. The summed E-state index contributed by atoms with van der Waals surface area (Å²) >= 11 is 0. The van der Waals surface area contributed by atoms with Crippen LogP contribution in [0.25, 0.3) is 11.0 Å². The number of anilines is 1. The van der Waals surface area contributed by atoms with E-state index in [9.17, 15) is 14.0 Å². The molecule has 4 aromatic rings. The fourth-order valence-electron chi connectivity index (χ4n) is 4.35. The molecule has 1 saturated heterocycles. The molecule has 0 unspecified atom stereocenters. The Bertz CT molecular complexity index is 1380. The Hall–Kier alpha value is -4.27. The van der Waals surface area contributed by atoms with E-state index in [1.54, 1.807) is 23.2 Å². The molecule has 35 heavy (non-hydrogen) atoms. The van der Waals surface area contributed by atoms with Crippen LogP contribution in [0.4, 0.5) is 15.0 Å². The second-order valence-corrected chi connectivity index (χ2v) is 8.53. The summed E-state index contributed by atoms with van der Waals surface area (Å²) in [6.45, 7) is 4.40. The number of carbonyl (C=O) groups is 2. The van der Waals surface area contributed by atoms with Crippen LogP contribution in [-0.2, 0) is 6.54 Å². The van der Waals surface area contributed by atoms with Gasteiger partial charge in [-0.2, -0.15) is 0 Å². The van der Waals surface area contributed by atoms with Gasteiger partial charge in [-0.15, -0.1) is 0 Å². The molecule has 1 aliphatic rings. The lowest BCUT2D eigenvalue weighted by Gasteiger charge is -2.35. The maximum absolute atomic E-state index is 13.4. The fourth-order valence-corrected chi connectivity index (χ4v) is 4.35. The van der Waals surface area contributed by atoms with E-state index < -0.39 is 0 Å². The van der Waals surface area contributed by atoms with Crippen LogP contribution in [0.5, 0.6) is 0 Å². The third-order valence-electron chi connectivity index (χ3n) is 6.31. The summed E-state index contributed by atoms with van der Waals surface area (Å²) in [7, 11) is 0. The highest BCUT2D eigenvalue weighted by Crippen LogP contribution is 2.29. The molecule has 2 aromatic heterocycles. The minimum Gasteiger partial charge on any atom is -0.352 e. The van der Waals surface area contributed by atoms with Crippen molar-refractivity contribution in [3.05, 3.63) is 89.1 Å². The van der Waals surface area contributed by atoms with E-state index >= 15 is 0 Å². The molecule has 178 valence electrons. The van der Waals surface area contributed by atoms with Gasteiger partial charge in [0.25, 0.3) is 0 Å². The van der Waals surface area contributed by atoms with Crippen LogP contribution in [0.3, 0.4) is 0 Å². The zero-order valence-electron chi connectivity index (χ0n) is 19.3. The maximum Gasteiger partial charge on any atom is 0.317 e. The van der Waals surface area contributed by atoms with Crippen molar-refractivity contribution < 1.29 is 14.0 Å². The number of rotatable bonds is 5. The number of piperazine rings is 1. The normalized spacial score (nSPS) is 13.8. The largest absolute Gasteiger partial charge is 0.352 e. The molecule has 2 aromatic carbocycles. The standard InChI is InChI=1S/C26H25FN6O2/c1-17-4-2-3-5-20(17)23(34)21-15-28-24-22(21)25(31-16-30-24)32-10-12-33(13-11-32)26(35)29-14-18-6-8-19(27)9-7-18/h2-9,15-16H,10-14H2,1H3,(H,29,35)(H,28,30,31). The van der Waals surface area contributed by atoms with Gasteiger partial charge in [-0.25, -0.2) is 19.2 Å².